The Morgan fingerprint density at radius 3 is 2.71 bits per heavy atom. The molecule has 0 amide bonds. The van der Waals surface area contributed by atoms with E-state index < -0.39 is 10.0 Å². The van der Waals surface area contributed by atoms with Gasteiger partial charge in [-0.25, -0.2) is 8.42 Å². The Morgan fingerprint density at radius 2 is 2.12 bits per heavy atom. The van der Waals surface area contributed by atoms with Crippen LogP contribution in [0.25, 0.3) is 0 Å². The van der Waals surface area contributed by atoms with Gasteiger partial charge in [-0.1, -0.05) is 19.1 Å². The van der Waals surface area contributed by atoms with E-state index in [0.29, 0.717) is 19.0 Å². The van der Waals surface area contributed by atoms with Gasteiger partial charge in [0.25, 0.3) is 0 Å². The summed E-state index contributed by atoms with van der Waals surface area (Å²) in [5.41, 5.74) is 0.215. The normalized spacial score (nSPS) is 21.3. The predicted octanol–water partition coefficient (Wildman–Crippen LogP) is 1.59. The summed E-state index contributed by atoms with van der Waals surface area (Å²) in [6.07, 6.45) is 0.883. The van der Waals surface area contributed by atoms with Crippen molar-refractivity contribution >= 4 is 10.0 Å². The summed E-state index contributed by atoms with van der Waals surface area (Å²) in [7, 11) is -3.50. The largest absolute Gasteiger partial charge is 0.244 e. The molecule has 90 valence electrons. The van der Waals surface area contributed by atoms with Crippen LogP contribution < -0.4 is 0 Å². The van der Waals surface area contributed by atoms with Crippen LogP contribution in [0.15, 0.2) is 29.2 Å². The first kappa shape index (κ1) is 12.1. The van der Waals surface area contributed by atoms with E-state index in [4.69, 9.17) is 5.26 Å². The van der Waals surface area contributed by atoms with Crippen molar-refractivity contribution in [3.8, 4) is 6.07 Å². The Labute approximate surface area is 102 Å². The van der Waals surface area contributed by atoms with E-state index >= 15 is 0 Å². The minimum Gasteiger partial charge on any atom is -0.207 e. The molecule has 5 heteroatoms. The maximum Gasteiger partial charge on any atom is 0.244 e. The second kappa shape index (κ2) is 4.47. The van der Waals surface area contributed by atoms with Crippen molar-refractivity contribution in [3.63, 3.8) is 0 Å². The number of nitriles is 1. The van der Waals surface area contributed by atoms with Gasteiger partial charge in [-0.3, -0.25) is 0 Å². The molecule has 0 radical (unpaired) electrons. The summed E-state index contributed by atoms with van der Waals surface area (Å²) < 4.78 is 26.1. The van der Waals surface area contributed by atoms with Crippen molar-refractivity contribution in [2.24, 2.45) is 5.92 Å². The highest BCUT2D eigenvalue weighted by Gasteiger charge is 2.31. The summed E-state index contributed by atoms with van der Waals surface area (Å²) in [4.78, 5) is 0.122. The molecule has 0 spiro atoms. The second-order valence-electron chi connectivity index (χ2n) is 4.36. The zero-order valence-electron chi connectivity index (χ0n) is 9.63. The molecule has 1 atom stereocenters. The standard InChI is InChI=1S/C12H14N2O2S/c1-10-6-7-14(9-10)17(15,16)12-5-3-2-4-11(12)8-13/h2-5,10H,6-7,9H2,1H3. The number of benzene rings is 1. The minimum absolute atomic E-state index is 0.122. The fourth-order valence-electron chi connectivity index (χ4n) is 2.04. The topological polar surface area (TPSA) is 61.2 Å². The van der Waals surface area contributed by atoms with Gasteiger partial charge in [-0.15, -0.1) is 0 Å². The molecular weight excluding hydrogens is 236 g/mol. The number of rotatable bonds is 2. The molecule has 1 fully saturated rings. The lowest BCUT2D eigenvalue weighted by Gasteiger charge is -2.16. The molecule has 2 rings (SSSR count). The average Bonchev–Trinajstić information content (AvgIpc) is 2.76. The maximum atomic E-state index is 12.3. The minimum atomic E-state index is -3.50. The van der Waals surface area contributed by atoms with E-state index in [1.807, 2.05) is 13.0 Å². The highest BCUT2D eigenvalue weighted by Crippen LogP contribution is 2.25. The lowest BCUT2D eigenvalue weighted by Crippen LogP contribution is -2.29. The molecule has 4 nitrogen and oxygen atoms in total. The van der Waals surface area contributed by atoms with Crippen molar-refractivity contribution in [2.75, 3.05) is 13.1 Å². The number of hydrogen-bond donors (Lipinski definition) is 0. The van der Waals surface area contributed by atoms with E-state index in [1.54, 1.807) is 12.1 Å². The Balaban J connectivity index is 2.42. The van der Waals surface area contributed by atoms with Gasteiger partial charge in [0.1, 0.15) is 6.07 Å². The van der Waals surface area contributed by atoms with Crippen molar-refractivity contribution in [3.05, 3.63) is 29.8 Å². The molecular formula is C12H14N2O2S. The highest BCUT2D eigenvalue weighted by atomic mass is 32.2. The summed E-state index contributed by atoms with van der Waals surface area (Å²) in [6, 6.07) is 8.28. The summed E-state index contributed by atoms with van der Waals surface area (Å²) >= 11 is 0. The first-order valence-electron chi connectivity index (χ1n) is 5.55. The molecule has 0 aliphatic carbocycles. The van der Waals surface area contributed by atoms with E-state index in [2.05, 4.69) is 0 Å². The van der Waals surface area contributed by atoms with Gasteiger partial charge in [-0.05, 0) is 24.5 Å². The Bertz CT molecular complexity index is 560. The van der Waals surface area contributed by atoms with E-state index in [9.17, 15) is 8.42 Å². The van der Waals surface area contributed by atoms with Crippen molar-refractivity contribution < 1.29 is 8.42 Å². The Hall–Kier alpha value is -1.38. The third kappa shape index (κ3) is 2.19. The average molecular weight is 250 g/mol. The van der Waals surface area contributed by atoms with Gasteiger partial charge in [-0.2, -0.15) is 9.57 Å². The van der Waals surface area contributed by atoms with Crippen LogP contribution in [0.2, 0.25) is 0 Å². The molecule has 0 N–H and O–H groups in total. The quantitative estimate of drug-likeness (QED) is 0.800. The van der Waals surface area contributed by atoms with Crippen molar-refractivity contribution in [2.45, 2.75) is 18.2 Å². The summed E-state index contributed by atoms with van der Waals surface area (Å²) in [5, 5.41) is 8.94. The molecule has 1 aromatic rings. The highest BCUT2D eigenvalue weighted by molar-refractivity contribution is 7.89. The van der Waals surface area contributed by atoms with Gasteiger partial charge in [0.05, 0.1) is 10.5 Å². The van der Waals surface area contributed by atoms with Crippen LogP contribution >= 0.6 is 0 Å². The van der Waals surface area contributed by atoms with Crippen LogP contribution in [0.1, 0.15) is 18.9 Å². The van der Waals surface area contributed by atoms with Gasteiger partial charge >= 0.3 is 0 Å². The summed E-state index contributed by atoms with van der Waals surface area (Å²) in [5.74, 6) is 0.388. The second-order valence-corrected chi connectivity index (χ2v) is 6.27. The van der Waals surface area contributed by atoms with Crippen LogP contribution in [-0.2, 0) is 10.0 Å². The van der Waals surface area contributed by atoms with Crippen molar-refractivity contribution in [1.29, 1.82) is 5.26 Å². The third-order valence-corrected chi connectivity index (χ3v) is 4.94. The monoisotopic (exact) mass is 250 g/mol. The molecule has 1 aliphatic heterocycles. The van der Waals surface area contributed by atoms with Crippen LogP contribution in [0, 0.1) is 17.2 Å². The Morgan fingerprint density at radius 1 is 1.41 bits per heavy atom. The van der Waals surface area contributed by atoms with Crippen molar-refractivity contribution in [1.82, 2.24) is 4.31 Å². The number of nitrogens with zero attached hydrogens (tertiary/aromatic N) is 2. The molecule has 1 heterocycles. The lowest BCUT2D eigenvalue weighted by molar-refractivity contribution is 0.464. The first-order valence-corrected chi connectivity index (χ1v) is 6.99. The van der Waals surface area contributed by atoms with Gasteiger partial charge in [0.2, 0.25) is 10.0 Å². The van der Waals surface area contributed by atoms with Crippen LogP contribution in [0.3, 0.4) is 0 Å². The summed E-state index contributed by atoms with van der Waals surface area (Å²) in [6.45, 7) is 3.12. The van der Waals surface area contributed by atoms with Gasteiger partial charge < -0.3 is 0 Å². The lowest BCUT2D eigenvalue weighted by atomic mass is 10.2. The molecule has 1 unspecified atom stereocenters. The van der Waals surface area contributed by atoms with Crippen LogP contribution in [-0.4, -0.2) is 25.8 Å². The smallest absolute Gasteiger partial charge is 0.207 e. The zero-order valence-corrected chi connectivity index (χ0v) is 10.4. The van der Waals surface area contributed by atoms with E-state index in [-0.39, 0.29) is 10.5 Å². The zero-order chi connectivity index (χ0) is 12.5. The molecule has 1 saturated heterocycles. The SMILES string of the molecule is CC1CCN(S(=O)(=O)c2ccccc2C#N)C1. The molecule has 1 aliphatic rings. The first-order chi connectivity index (χ1) is 8.05. The maximum absolute atomic E-state index is 12.3. The molecule has 0 saturated carbocycles. The fraction of sp³-hybridized carbons (Fsp3) is 0.417. The molecule has 1 aromatic carbocycles. The molecule has 0 bridgehead atoms. The Kier molecular flexibility index (Phi) is 3.18. The van der Waals surface area contributed by atoms with E-state index in [1.165, 1.54) is 16.4 Å². The fourth-order valence-corrected chi connectivity index (χ4v) is 3.75. The van der Waals surface area contributed by atoms with Crippen LogP contribution in [0.4, 0.5) is 0 Å². The van der Waals surface area contributed by atoms with E-state index in [0.717, 1.165) is 6.42 Å². The number of sulfonamides is 1. The van der Waals surface area contributed by atoms with Crippen LogP contribution in [0.5, 0.6) is 0 Å². The third-order valence-electron chi connectivity index (χ3n) is 3.01. The van der Waals surface area contributed by atoms with Gasteiger partial charge in [0, 0.05) is 13.1 Å². The molecule has 17 heavy (non-hydrogen) atoms. The molecule has 0 aromatic heterocycles. The number of hydrogen-bond acceptors (Lipinski definition) is 3. The predicted molar refractivity (Wildman–Crippen MR) is 63.7 cm³/mol. The van der Waals surface area contributed by atoms with Gasteiger partial charge in [0.15, 0.2) is 0 Å².